The number of rotatable bonds is 4. The third kappa shape index (κ3) is 5.12. The number of ether oxygens (including phenoxy) is 1. The van der Waals surface area contributed by atoms with Crippen LogP contribution in [0.2, 0.25) is 0 Å². The van der Waals surface area contributed by atoms with Crippen LogP contribution in [0.5, 0.6) is 0 Å². The van der Waals surface area contributed by atoms with Crippen LogP contribution in [0.25, 0.3) is 0 Å². The minimum absolute atomic E-state index is 0. The van der Waals surface area contributed by atoms with E-state index in [1.54, 1.807) is 0 Å². The van der Waals surface area contributed by atoms with Crippen LogP contribution in [0.4, 0.5) is 5.69 Å². The molecular formula is C11H19IN6O3. The van der Waals surface area contributed by atoms with Gasteiger partial charge in [0, 0.05) is 13.1 Å². The second-order valence-electron chi connectivity index (χ2n) is 4.59. The second-order valence-corrected chi connectivity index (χ2v) is 4.59. The summed E-state index contributed by atoms with van der Waals surface area (Å²) in [5, 5.41) is 14.4. The molecule has 9 nitrogen and oxygen atoms in total. The van der Waals surface area contributed by atoms with E-state index in [4.69, 9.17) is 10.5 Å². The Hall–Kier alpha value is -1.43. The van der Waals surface area contributed by atoms with Gasteiger partial charge in [0.05, 0.1) is 30.7 Å². The Morgan fingerprint density at radius 2 is 2.48 bits per heavy atom. The zero-order valence-electron chi connectivity index (χ0n) is 11.7. The van der Waals surface area contributed by atoms with Crippen LogP contribution in [0.15, 0.2) is 17.4 Å². The molecule has 0 amide bonds. The molecule has 2 N–H and O–H groups in total. The van der Waals surface area contributed by atoms with E-state index in [9.17, 15) is 10.1 Å². The van der Waals surface area contributed by atoms with E-state index in [-0.39, 0.29) is 35.8 Å². The molecule has 0 spiro atoms. The van der Waals surface area contributed by atoms with Gasteiger partial charge in [-0.3, -0.25) is 19.8 Å². The van der Waals surface area contributed by atoms with Crippen LogP contribution in [-0.4, -0.2) is 57.9 Å². The molecule has 0 bridgehead atoms. The average molecular weight is 410 g/mol. The van der Waals surface area contributed by atoms with E-state index in [0.29, 0.717) is 25.7 Å². The number of halogens is 1. The number of aliphatic imine (C=N–C) groups is 1. The van der Waals surface area contributed by atoms with E-state index in [2.05, 4.69) is 10.1 Å². The maximum atomic E-state index is 10.5. The lowest BCUT2D eigenvalue weighted by molar-refractivity contribution is -0.385. The molecule has 0 aliphatic carbocycles. The highest BCUT2D eigenvalue weighted by Crippen LogP contribution is 2.07. The molecule has 1 atom stereocenters. The zero-order valence-corrected chi connectivity index (χ0v) is 14.0. The molecule has 1 aliphatic rings. The topological polar surface area (TPSA) is 112 Å². The van der Waals surface area contributed by atoms with E-state index in [1.807, 2.05) is 11.8 Å². The zero-order chi connectivity index (χ0) is 14.5. The summed E-state index contributed by atoms with van der Waals surface area (Å²) >= 11 is 0. The van der Waals surface area contributed by atoms with Gasteiger partial charge in [0.2, 0.25) is 0 Å². The Morgan fingerprint density at radius 1 is 1.71 bits per heavy atom. The number of aromatic nitrogens is 2. The van der Waals surface area contributed by atoms with Crippen molar-refractivity contribution in [1.29, 1.82) is 0 Å². The van der Waals surface area contributed by atoms with Gasteiger partial charge < -0.3 is 15.4 Å². The third-order valence-corrected chi connectivity index (χ3v) is 3.00. The maximum Gasteiger partial charge on any atom is 0.306 e. The van der Waals surface area contributed by atoms with Crippen molar-refractivity contribution >= 4 is 35.6 Å². The number of nitro groups is 1. The Balaban J connectivity index is 0.00000220. The fourth-order valence-electron chi connectivity index (χ4n) is 1.96. The Kier molecular flexibility index (Phi) is 6.81. The van der Waals surface area contributed by atoms with E-state index >= 15 is 0 Å². The van der Waals surface area contributed by atoms with Crippen molar-refractivity contribution in [3.05, 3.63) is 22.5 Å². The SMILES string of the molecule is CC1CN(C(N)=NCCn2cc([N+](=O)[O-])cn2)CCO1.I. The summed E-state index contributed by atoms with van der Waals surface area (Å²) in [6, 6.07) is 0. The first kappa shape index (κ1) is 17.6. The Bertz CT molecular complexity index is 506. The van der Waals surface area contributed by atoms with E-state index in [1.165, 1.54) is 17.1 Å². The lowest BCUT2D eigenvalue weighted by Crippen LogP contribution is -2.48. The largest absolute Gasteiger partial charge is 0.375 e. The van der Waals surface area contributed by atoms with Gasteiger partial charge in [-0.1, -0.05) is 0 Å². The molecule has 1 aromatic heterocycles. The van der Waals surface area contributed by atoms with Crippen LogP contribution >= 0.6 is 24.0 Å². The summed E-state index contributed by atoms with van der Waals surface area (Å²) in [5.74, 6) is 0.474. The molecule has 1 fully saturated rings. The summed E-state index contributed by atoms with van der Waals surface area (Å²) < 4.78 is 6.91. The van der Waals surface area contributed by atoms with Crippen LogP contribution in [0, 0.1) is 10.1 Å². The molecule has 10 heteroatoms. The van der Waals surface area contributed by atoms with Gasteiger partial charge in [0.25, 0.3) is 0 Å². The molecule has 2 rings (SSSR count). The summed E-state index contributed by atoms with van der Waals surface area (Å²) in [6.07, 6.45) is 2.74. The lowest BCUT2D eigenvalue weighted by Gasteiger charge is -2.31. The highest BCUT2D eigenvalue weighted by atomic mass is 127. The highest BCUT2D eigenvalue weighted by molar-refractivity contribution is 14.0. The van der Waals surface area contributed by atoms with Crippen molar-refractivity contribution in [3.8, 4) is 0 Å². The number of nitrogens with two attached hydrogens (primary N) is 1. The van der Waals surface area contributed by atoms with Gasteiger partial charge >= 0.3 is 5.69 Å². The molecule has 2 heterocycles. The highest BCUT2D eigenvalue weighted by Gasteiger charge is 2.17. The van der Waals surface area contributed by atoms with E-state index in [0.717, 1.165) is 13.1 Å². The van der Waals surface area contributed by atoms with Crippen LogP contribution in [0.3, 0.4) is 0 Å². The van der Waals surface area contributed by atoms with Crippen LogP contribution in [0.1, 0.15) is 6.92 Å². The molecule has 1 unspecified atom stereocenters. The van der Waals surface area contributed by atoms with Crippen molar-refractivity contribution in [2.24, 2.45) is 10.7 Å². The standard InChI is InChI=1S/C11H18N6O3.HI/c1-9-7-15(4-5-20-9)11(12)13-2-3-16-8-10(6-14-16)17(18)19;/h6,8-9H,2-5,7H2,1H3,(H2,12,13);1H. The second kappa shape index (κ2) is 8.12. The first-order valence-electron chi connectivity index (χ1n) is 6.39. The quantitative estimate of drug-likeness (QED) is 0.254. The fourth-order valence-corrected chi connectivity index (χ4v) is 1.96. The molecule has 1 aromatic rings. The van der Waals surface area contributed by atoms with Crippen molar-refractivity contribution in [2.75, 3.05) is 26.2 Å². The molecular weight excluding hydrogens is 391 g/mol. The minimum Gasteiger partial charge on any atom is -0.375 e. The molecule has 1 aliphatic heterocycles. The number of hydrogen-bond donors (Lipinski definition) is 1. The van der Waals surface area contributed by atoms with E-state index < -0.39 is 4.92 Å². The van der Waals surface area contributed by atoms with Crippen LogP contribution in [-0.2, 0) is 11.3 Å². The summed E-state index contributed by atoms with van der Waals surface area (Å²) in [5.41, 5.74) is 5.89. The van der Waals surface area contributed by atoms with Gasteiger partial charge in [0.1, 0.15) is 12.4 Å². The summed E-state index contributed by atoms with van der Waals surface area (Å²) in [6.45, 7) is 4.96. The number of guanidine groups is 1. The predicted octanol–water partition coefficient (Wildman–Crippen LogP) is 0.445. The third-order valence-electron chi connectivity index (χ3n) is 3.00. The normalized spacial score (nSPS) is 19.2. The minimum atomic E-state index is -0.476. The van der Waals surface area contributed by atoms with Crippen molar-refractivity contribution in [1.82, 2.24) is 14.7 Å². The van der Waals surface area contributed by atoms with Crippen LogP contribution < -0.4 is 5.73 Å². The predicted molar refractivity (Wildman–Crippen MR) is 87.8 cm³/mol. The number of nitrogens with zero attached hydrogens (tertiary/aromatic N) is 5. The van der Waals surface area contributed by atoms with Gasteiger partial charge in [-0.25, -0.2) is 0 Å². The lowest BCUT2D eigenvalue weighted by atomic mass is 10.3. The fraction of sp³-hybridized carbons (Fsp3) is 0.636. The van der Waals surface area contributed by atoms with Gasteiger partial charge in [-0.2, -0.15) is 5.10 Å². The van der Waals surface area contributed by atoms with Gasteiger partial charge in [-0.05, 0) is 6.92 Å². The molecule has 1 saturated heterocycles. The summed E-state index contributed by atoms with van der Waals surface area (Å²) in [7, 11) is 0. The maximum absolute atomic E-state index is 10.5. The van der Waals surface area contributed by atoms with Gasteiger partial charge in [-0.15, -0.1) is 24.0 Å². The first-order chi connectivity index (χ1) is 9.56. The first-order valence-corrected chi connectivity index (χ1v) is 6.39. The van der Waals surface area contributed by atoms with Crippen molar-refractivity contribution in [3.63, 3.8) is 0 Å². The number of morpholine rings is 1. The molecule has 0 radical (unpaired) electrons. The molecule has 21 heavy (non-hydrogen) atoms. The molecule has 0 saturated carbocycles. The van der Waals surface area contributed by atoms with Crippen molar-refractivity contribution in [2.45, 2.75) is 19.6 Å². The smallest absolute Gasteiger partial charge is 0.306 e. The molecule has 118 valence electrons. The Morgan fingerprint density at radius 3 is 3.10 bits per heavy atom. The molecule has 0 aromatic carbocycles. The summed E-state index contributed by atoms with van der Waals surface area (Å²) in [4.78, 5) is 16.3. The average Bonchev–Trinajstić information content (AvgIpc) is 2.87. The number of hydrogen-bond acceptors (Lipinski definition) is 5. The van der Waals surface area contributed by atoms with Gasteiger partial charge in [0.15, 0.2) is 5.96 Å². The monoisotopic (exact) mass is 410 g/mol. The van der Waals surface area contributed by atoms with Crippen molar-refractivity contribution < 1.29 is 9.66 Å². The Labute approximate surface area is 139 Å².